The molecule has 0 aliphatic carbocycles. The van der Waals surface area contributed by atoms with E-state index in [1.165, 1.54) is 11.3 Å². The highest BCUT2D eigenvalue weighted by Gasteiger charge is 2.15. The van der Waals surface area contributed by atoms with Crippen LogP contribution in [0.4, 0.5) is 0 Å². The third kappa shape index (κ3) is 2.80. The van der Waals surface area contributed by atoms with Gasteiger partial charge in [0.2, 0.25) is 0 Å². The van der Waals surface area contributed by atoms with Crippen molar-refractivity contribution < 1.29 is 4.79 Å². The van der Waals surface area contributed by atoms with Crippen molar-refractivity contribution in [3.63, 3.8) is 0 Å². The van der Waals surface area contributed by atoms with Gasteiger partial charge in [0.25, 0.3) is 5.91 Å². The van der Waals surface area contributed by atoms with Crippen LogP contribution >= 0.6 is 11.3 Å². The molecule has 1 atom stereocenters. The summed E-state index contributed by atoms with van der Waals surface area (Å²) in [5.74, 6) is -0.129. The summed E-state index contributed by atoms with van der Waals surface area (Å²) in [6.45, 7) is 3.89. The van der Waals surface area contributed by atoms with Crippen LogP contribution in [0.15, 0.2) is 11.4 Å². The molecule has 0 radical (unpaired) electrons. The van der Waals surface area contributed by atoms with Crippen molar-refractivity contribution in [2.45, 2.75) is 32.7 Å². The maximum atomic E-state index is 11.8. The number of rotatable bonds is 4. The summed E-state index contributed by atoms with van der Waals surface area (Å²) in [5.41, 5.74) is 1.05. The SMILES string of the molecule is CCc1ccsc1C(=O)N[C@@H](C#N)CC. The predicted molar refractivity (Wildman–Crippen MR) is 60.9 cm³/mol. The van der Waals surface area contributed by atoms with E-state index in [1.54, 1.807) is 0 Å². The number of aryl methyl sites for hydroxylation is 1. The minimum atomic E-state index is -0.385. The van der Waals surface area contributed by atoms with Gasteiger partial charge in [-0.05, 0) is 29.9 Å². The first kappa shape index (κ1) is 11.7. The number of carbonyl (C=O) groups is 1. The van der Waals surface area contributed by atoms with Gasteiger partial charge in [0.05, 0.1) is 10.9 Å². The van der Waals surface area contributed by atoms with Crippen molar-refractivity contribution in [2.75, 3.05) is 0 Å². The molecule has 0 aliphatic rings. The van der Waals surface area contributed by atoms with E-state index >= 15 is 0 Å². The maximum absolute atomic E-state index is 11.8. The normalized spacial score (nSPS) is 11.8. The van der Waals surface area contributed by atoms with E-state index in [0.29, 0.717) is 6.42 Å². The van der Waals surface area contributed by atoms with Gasteiger partial charge in [-0.1, -0.05) is 13.8 Å². The topological polar surface area (TPSA) is 52.9 Å². The van der Waals surface area contributed by atoms with Crippen LogP contribution in [-0.4, -0.2) is 11.9 Å². The lowest BCUT2D eigenvalue weighted by Gasteiger charge is -2.08. The van der Waals surface area contributed by atoms with Crippen molar-refractivity contribution in [2.24, 2.45) is 0 Å². The average Bonchev–Trinajstić information content (AvgIpc) is 2.73. The smallest absolute Gasteiger partial charge is 0.262 e. The molecule has 0 aromatic carbocycles. The van der Waals surface area contributed by atoms with E-state index < -0.39 is 0 Å². The Bertz CT molecular complexity index is 378. The third-order valence-corrected chi connectivity index (χ3v) is 3.16. The van der Waals surface area contributed by atoms with Gasteiger partial charge in [-0.15, -0.1) is 11.3 Å². The molecule has 0 fully saturated rings. The van der Waals surface area contributed by atoms with Crippen LogP contribution in [-0.2, 0) is 6.42 Å². The van der Waals surface area contributed by atoms with Crippen LogP contribution in [0.1, 0.15) is 35.5 Å². The quantitative estimate of drug-likeness (QED) is 0.850. The van der Waals surface area contributed by atoms with Gasteiger partial charge in [0.15, 0.2) is 0 Å². The van der Waals surface area contributed by atoms with Crippen LogP contribution in [0.3, 0.4) is 0 Å². The molecular formula is C11H14N2OS. The first-order valence-electron chi connectivity index (χ1n) is 4.99. The molecule has 0 spiro atoms. The fourth-order valence-corrected chi connectivity index (χ4v) is 2.16. The monoisotopic (exact) mass is 222 g/mol. The van der Waals surface area contributed by atoms with Crippen LogP contribution in [0.25, 0.3) is 0 Å². The Morgan fingerprint density at radius 3 is 2.93 bits per heavy atom. The zero-order valence-electron chi connectivity index (χ0n) is 8.91. The molecule has 1 N–H and O–H groups in total. The van der Waals surface area contributed by atoms with Gasteiger partial charge in [0, 0.05) is 0 Å². The van der Waals surface area contributed by atoms with E-state index in [2.05, 4.69) is 11.4 Å². The van der Waals surface area contributed by atoms with Crippen molar-refractivity contribution in [1.29, 1.82) is 5.26 Å². The predicted octanol–water partition coefficient (Wildman–Crippen LogP) is 2.34. The number of carbonyl (C=O) groups excluding carboxylic acids is 1. The molecule has 80 valence electrons. The molecule has 3 nitrogen and oxygen atoms in total. The molecular weight excluding hydrogens is 208 g/mol. The standard InChI is InChI=1S/C11H14N2OS/c1-3-8-5-6-15-10(8)11(14)13-9(4-2)7-12/h5-6,9H,3-4H2,1-2H3,(H,13,14)/t9-/m1/s1. The lowest BCUT2D eigenvalue weighted by Crippen LogP contribution is -2.33. The molecule has 1 amide bonds. The van der Waals surface area contributed by atoms with Crippen LogP contribution in [0, 0.1) is 11.3 Å². The number of nitrogens with zero attached hydrogens (tertiary/aromatic N) is 1. The van der Waals surface area contributed by atoms with Crippen LogP contribution in [0.2, 0.25) is 0 Å². The number of hydrogen-bond donors (Lipinski definition) is 1. The Labute approximate surface area is 93.7 Å². The second-order valence-electron chi connectivity index (χ2n) is 3.19. The van der Waals surface area contributed by atoms with Gasteiger partial charge in [-0.25, -0.2) is 0 Å². The summed E-state index contributed by atoms with van der Waals surface area (Å²) >= 11 is 1.42. The van der Waals surface area contributed by atoms with Gasteiger partial charge in [-0.3, -0.25) is 4.79 Å². The van der Waals surface area contributed by atoms with E-state index in [1.807, 2.05) is 25.3 Å². The van der Waals surface area contributed by atoms with E-state index in [0.717, 1.165) is 16.9 Å². The molecule has 1 aromatic heterocycles. The molecule has 1 heterocycles. The lowest BCUT2D eigenvalue weighted by molar-refractivity contribution is 0.0948. The van der Waals surface area contributed by atoms with Gasteiger partial charge < -0.3 is 5.32 Å². The van der Waals surface area contributed by atoms with E-state index in [4.69, 9.17) is 5.26 Å². The van der Waals surface area contributed by atoms with Gasteiger partial charge in [-0.2, -0.15) is 5.26 Å². The largest absolute Gasteiger partial charge is 0.336 e. The Morgan fingerprint density at radius 2 is 2.40 bits per heavy atom. The van der Waals surface area contributed by atoms with Crippen molar-refractivity contribution in [3.8, 4) is 6.07 Å². The first-order valence-corrected chi connectivity index (χ1v) is 5.87. The van der Waals surface area contributed by atoms with Crippen molar-refractivity contribution >= 4 is 17.2 Å². The molecule has 15 heavy (non-hydrogen) atoms. The lowest BCUT2D eigenvalue weighted by atomic mass is 10.2. The highest BCUT2D eigenvalue weighted by Crippen LogP contribution is 2.17. The molecule has 0 aliphatic heterocycles. The fourth-order valence-electron chi connectivity index (χ4n) is 1.26. The minimum Gasteiger partial charge on any atom is -0.336 e. The van der Waals surface area contributed by atoms with Crippen molar-refractivity contribution in [3.05, 3.63) is 21.9 Å². The highest BCUT2D eigenvalue weighted by atomic mass is 32.1. The number of amides is 1. The summed E-state index contributed by atoms with van der Waals surface area (Å²) in [6, 6.07) is 3.62. The number of nitrogens with one attached hydrogen (secondary N) is 1. The fraction of sp³-hybridized carbons (Fsp3) is 0.455. The molecule has 0 saturated carbocycles. The molecule has 0 bridgehead atoms. The zero-order valence-corrected chi connectivity index (χ0v) is 9.73. The summed E-state index contributed by atoms with van der Waals surface area (Å²) in [7, 11) is 0. The molecule has 1 rings (SSSR count). The second-order valence-corrected chi connectivity index (χ2v) is 4.11. The average molecular weight is 222 g/mol. The van der Waals surface area contributed by atoms with Gasteiger partial charge in [0.1, 0.15) is 6.04 Å². The van der Waals surface area contributed by atoms with Gasteiger partial charge >= 0.3 is 0 Å². The molecule has 4 heteroatoms. The Morgan fingerprint density at radius 1 is 1.67 bits per heavy atom. The second kappa shape index (κ2) is 5.52. The zero-order chi connectivity index (χ0) is 11.3. The minimum absolute atomic E-state index is 0.129. The molecule has 0 saturated heterocycles. The highest BCUT2D eigenvalue weighted by molar-refractivity contribution is 7.12. The third-order valence-electron chi connectivity index (χ3n) is 2.20. The Kier molecular flexibility index (Phi) is 4.32. The van der Waals surface area contributed by atoms with Crippen LogP contribution < -0.4 is 5.32 Å². The maximum Gasteiger partial charge on any atom is 0.262 e. The van der Waals surface area contributed by atoms with Crippen molar-refractivity contribution in [1.82, 2.24) is 5.32 Å². The summed E-state index contributed by atoms with van der Waals surface area (Å²) in [6.07, 6.45) is 1.48. The Balaban J connectivity index is 2.73. The van der Waals surface area contributed by atoms with E-state index in [9.17, 15) is 4.79 Å². The molecule has 1 aromatic rings. The Hall–Kier alpha value is -1.34. The molecule has 0 unspecified atom stereocenters. The van der Waals surface area contributed by atoms with E-state index in [-0.39, 0.29) is 11.9 Å². The number of nitriles is 1. The summed E-state index contributed by atoms with van der Waals surface area (Å²) < 4.78 is 0. The summed E-state index contributed by atoms with van der Waals surface area (Å²) in [5, 5.41) is 13.3. The number of thiophene rings is 1. The summed E-state index contributed by atoms with van der Waals surface area (Å²) in [4.78, 5) is 12.5. The first-order chi connectivity index (χ1) is 7.22. The number of hydrogen-bond acceptors (Lipinski definition) is 3. The van der Waals surface area contributed by atoms with Crippen LogP contribution in [0.5, 0.6) is 0 Å².